The van der Waals surface area contributed by atoms with Gasteiger partial charge in [0.15, 0.2) is 0 Å². The summed E-state index contributed by atoms with van der Waals surface area (Å²) in [6.45, 7) is 2.46. The maximum absolute atomic E-state index is 12.7. The molecule has 29 heavy (non-hydrogen) atoms. The summed E-state index contributed by atoms with van der Waals surface area (Å²) in [7, 11) is 3.41. The number of oxazole rings is 1. The number of carbonyl (C=O) groups excluding carboxylic acids is 1. The molecule has 154 valence electrons. The molecule has 4 rings (SSSR count). The van der Waals surface area contributed by atoms with E-state index in [0.717, 1.165) is 48.2 Å². The molecule has 3 aromatic rings. The van der Waals surface area contributed by atoms with E-state index in [4.69, 9.17) is 9.15 Å². The number of hydrogen-bond acceptors (Lipinski definition) is 5. The van der Waals surface area contributed by atoms with Gasteiger partial charge in [-0.15, -0.1) is 0 Å². The molecule has 2 heterocycles. The number of carbonyl (C=O) groups is 1. The molecule has 8 nitrogen and oxygen atoms in total. The number of anilines is 1. The second kappa shape index (κ2) is 7.77. The number of aromatic nitrogens is 3. The van der Waals surface area contributed by atoms with Gasteiger partial charge >= 0.3 is 11.7 Å². The molecule has 0 saturated heterocycles. The molecule has 1 aromatic carbocycles. The second-order valence-electron chi connectivity index (χ2n) is 7.81. The topological polar surface area (TPSA) is 91.3 Å². The Hall–Kier alpha value is -3.03. The van der Waals surface area contributed by atoms with Gasteiger partial charge in [0.1, 0.15) is 12.0 Å². The van der Waals surface area contributed by atoms with E-state index in [9.17, 15) is 9.59 Å². The smallest absolute Gasteiger partial charge is 0.328 e. The fourth-order valence-corrected chi connectivity index (χ4v) is 4.18. The summed E-state index contributed by atoms with van der Waals surface area (Å²) in [4.78, 5) is 29.3. The molecule has 0 aliphatic heterocycles. The van der Waals surface area contributed by atoms with E-state index in [1.54, 1.807) is 18.7 Å². The number of hydrogen-bond donors (Lipinski definition) is 1. The number of ether oxygens (including phenoxy) is 1. The molecular formula is C21H26N4O4. The van der Waals surface area contributed by atoms with Crippen molar-refractivity contribution in [2.75, 3.05) is 12.4 Å². The van der Waals surface area contributed by atoms with Gasteiger partial charge < -0.3 is 9.15 Å². The van der Waals surface area contributed by atoms with Gasteiger partial charge in [-0.1, -0.05) is 0 Å². The fourth-order valence-electron chi connectivity index (χ4n) is 4.18. The van der Waals surface area contributed by atoms with Gasteiger partial charge in [-0.05, 0) is 50.7 Å². The lowest BCUT2D eigenvalue weighted by Gasteiger charge is -2.27. The Morgan fingerprint density at radius 3 is 2.69 bits per heavy atom. The first-order valence-electron chi connectivity index (χ1n) is 9.92. The van der Waals surface area contributed by atoms with Crippen molar-refractivity contribution in [3.8, 4) is 5.75 Å². The molecule has 0 spiro atoms. The fraction of sp³-hybridized carbons (Fsp3) is 0.476. The Kier molecular flexibility index (Phi) is 5.17. The van der Waals surface area contributed by atoms with Gasteiger partial charge in [0.25, 0.3) is 0 Å². The number of imidazole rings is 1. The number of nitrogens with zero attached hydrogens (tertiary/aromatic N) is 3. The molecule has 8 heteroatoms. The predicted octanol–water partition coefficient (Wildman–Crippen LogP) is 3.09. The molecule has 1 aliphatic carbocycles. The van der Waals surface area contributed by atoms with Crippen LogP contribution in [-0.2, 0) is 18.4 Å². The van der Waals surface area contributed by atoms with Crippen molar-refractivity contribution in [3.63, 3.8) is 0 Å². The number of amides is 1. The Balaban J connectivity index is 1.43. The molecule has 1 N–H and O–H groups in total. The third kappa shape index (κ3) is 3.79. The number of rotatable bonds is 5. The van der Waals surface area contributed by atoms with E-state index in [1.807, 2.05) is 29.7 Å². The van der Waals surface area contributed by atoms with Crippen LogP contribution < -0.4 is 15.7 Å². The highest BCUT2D eigenvalue weighted by molar-refractivity contribution is 5.90. The summed E-state index contributed by atoms with van der Waals surface area (Å²) in [5, 5.41) is 2.76. The highest BCUT2D eigenvalue weighted by atomic mass is 16.5. The van der Waals surface area contributed by atoms with Gasteiger partial charge in [0.2, 0.25) is 5.91 Å². The molecule has 0 radical (unpaired) electrons. The summed E-state index contributed by atoms with van der Waals surface area (Å²) < 4.78 is 14.0. The van der Waals surface area contributed by atoms with Crippen molar-refractivity contribution in [1.82, 2.24) is 14.1 Å². The van der Waals surface area contributed by atoms with E-state index in [0.29, 0.717) is 12.5 Å². The number of nitrogens with one attached hydrogen (secondary N) is 1. The number of benzene rings is 1. The summed E-state index contributed by atoms with van der Waals surface area (Å²) >= 11 is 0. The molecule has 1 fully saturated rings. The summed E-state index contributed by atoms with van der Waals surface area (Å²) in [6, 6.07) is 5.95. The Morgan fingerprint density at radius 1 is 1.28 bits per heavy atom. The summed E-state index contributed by atoms with van der Waals surface area (Å²) in [5.41, 5.74) is 2.50. The molecule has 0 bridgehead atoms. The highest BCUT2D eigenvalue weighted by Crippen LogP contribution is 2.31. The number of aryl methyl sites for hydroxylation is 2. The normalized spacial score (nSPS) is 19.4. The monoisotopic (exact) mass is 398 g/mol. The first-order valence-corrected chi connectivity index (χ1v) is 9.92. The second-order valence-corrected chi connectivity index (χ2v) is 7.81. The van der Waals surface area contributed by atoms with Crippen LogP contribution in [0.4, 0.5) is 6.01 Å². The van der Waals surface area contributed by atoms with E-state index < -0.39 is 0 Å². The minimum atomic E-state index is -0.0530. The van der Waals surface area contributed by atoms with Crippen molar-refractivity contribution in [1.29, 1.82) is 0 Å². The molecule has 1 amide bonds. The van der Waals surface area contributed by atoms with Crippen LogP contribution in [0.15, 0.2) is 33.7 Å². The molecular weight excluding hydrogens is 372 g/mol. The summed E-state index contributed by atoms with van der Waals surface area (Å²) in [5.74, 6) is 0.997. The first-order chi connectivity index (χ1) is 14.0. The SMILES string of the molecule is COc1ccc2c(c1)n(CC1CCC(C(=O)Nc3nc(C)co3)CC1)c(=O)n2C. The third-order valence-corrected chi connectivity index (χ3v) is 5.86. The van der Waals surface area contributed by atoms with Crippen molar-refractivity contribution in [2.24, 2.45) is 18.9 Å². The lowest BCUT2D eigenvalue weighted by molar-refractivity contribution is -0.121. The Bertz CT molecular complexity index is 1090. The zero-order valence-electron chi connectivity index (χ0n) is 17.0. The van der Waals surface area contributed by atoms with Crippen molar-refractivity contribution < 1.29 is 13.9 Å². The van der Waals surface area contributed by atoms with E-state index in [2.05, 4.69) is 10.3 Å². The van der Waals surface area contributed by atoms with Gasteiger partial charge in [-0.2, -0.15) is 4.98 Å². The summed E-state index contributed by atoms with van der Waals surface area (Å²) in [6.07, 6.45) is 4.90. The standard InChI is InChI=1S/C21H26N4O4/c1-13-12-29-20(22-13)23-19(26)15-6-4-14(5-7-15)11-25-18-10-16(28-3)8-9-17(18)24(2)21(25)27/h8-10,12,14-15H,4-7,11H2,1-3H3,(H,22,23,26). The van der Waals surface area contributed by atoms with Gasteiger partial charge in [0.05, 0.1) is 23.8 Å². The minimum Gasteiger partial charge on any atom is -0.497 e. The average molecular weight is 398 g/mol. The van der Waals surface area contributed by atoms with E-state index >= 15 is 0 Å². The van der Waals surface area contributed by atoms with Crippen LogP contribution in [0.2, 0.25) is 0 Å². The maximum atomic E-state index is 12.7. The number of fused-ring (bicyclic) bond motifs is 1. The van der Waals surface area contributed by atoms with Crippen LogP contribution in [-0.4, -0.2) is 27.1 Å². The van der Waals surface area contributed by atoms with Crippen molar-refractivity contribution >= 4 is 23.0 Å². The van der Waals surface area contributed by atoms with Crippen LogP contribution in [0.25, 0.3) is 11.0 Å². The molecule has 1 saturated carbocycles. The van der Waals surface area contributed by atoms with Crippen LogP contribution in [0.1, 0.15) is 31.4 Å². The average Bonchev–Trinajstić information content (AvgIpc) is 3.24. The third-order valence-electron chi connectivity index (χ3n) is 5.86. The largest absolute Gasteiger partial charge is 0.497 e. The zero-order chi connectivity index (χ0) is 20.5. The Morgan fingerprint density at radius 2 is 2.03 bits per heavy atom. The molecule has 2 aromatic heterocycles. The van der Waals surface area contributed by atoms with Crippen molar-refractivity contribution in [2.45, 2.75) is 39.2 Å². The minimum absolute atomic E-state index is 0.0209. The van der Waals surface area contributed by atoms with E-state index in [-0.39, 0.29) is 23.5 Å². The lowest BCUT2D eigenvalue weighted by atomic mass is 9.81. The molecule has 0 unspecified atom stereocenters. The molecule has 1 aliphatic rings. The van der Waals surface area contributed by atoms with Crippen LogP contribution in [0.5, 0.6) is 5.75 Å². The maximum Gasteiger partial charge on any atom is 0.328 e. The van der Waals surface area contributed by atoms with Gasteiger partial charge in [-0.25, -0.2) is 4.79 Å². The van der Waals surface area contributed by atoms with E-state index in [1.165, 1.54) is 6.26 Å². The zero-order valence-corrected chi connectivity index (χ0v) is 17.0. The molecule has 0 atom stereocenters. The lowest BCUT2D eigenvalue weighted by Crippen LogP contribution is -2.31. The quantitative estimate of drug-likeness (QED) is 0.713. The van der Waals surface area contributed by atoms with Crippen LogP contribution in [0.3, 0.4) is 0 Å². The van der Waals surface area contributed by atoms with Gasteiger partial charge in [-0.3, -0.25) is 19.2 Å². The van der Waals surface area contributed by atoms with Gasteiger partial charge in [0, 0.05) is 25.6 Å². The Labute approximate surface area is 168 Å². The van der Waals surface area contributed by atoms with Crippen LogP contribution >= 0.6 is 0 Å². The van der Waals surface area contributed by atoms with Crippen molar-refractivity contribution in [3.05, 3.63) is 40.6 Å². The predicted molar refractivity (Wildman–Crippen MR) is 109 cm³/mol. The van der Waals surface area contributed by atoms with Crippen LogP contribution in [0, 0.1) is 18.8 Å². The highest BCUT2D eigenvalue weighted by Gasteiger charge is 2.28. The first kappa shape index (κ1) is 19.3. The number of methoxy groups -OCH3 is 1.